The minimum atomic E-state index is -4.70. The molecule has 164 valence electrons. The molecular formula is C19H20ClF3N2O4S. The molecule has 2 rings (SSSR count). The van der Waals surface area contributed by atoms with E-state index in [9.17, 15) is 26.4 Å². The third-order valence-electron chi connectivity index (χ3n) is 3.69. The lowest BCUT2D eigenvalue weighted by Gasteiger charge is -2.21. The highest BCUT2D eigenvalue weighted by atomic mass is 35.5. The molecule has 0 aliphatic rings. The Balaban J connectivity index is 2.40. The lowest BCUT2D eigenvalue weighted by atomic mass is 10.1. The molecule has 0 unspecified atom stereocenters. The molecular weight excluding hydrogens is 445 g/mol. The van der Waals surface area contributed by atoms with Crippen LogP contribution in [0.2, 0.25) is 5.02 Å². The average molecular weight is 465 g/mol. The summed E-state index contributed by atoms with van der Waals surface area (Å²) >= 11 is 5.57. The molecule has 0 aromatic heterocycles. The Bertz CT molecular complexity index is 1060. The van der Waals surface area contributed by atoms with Gasteiger partial charge in [-0.25, -0.2) is 13.1 Å². The summed E-state index contributed by atoms with van der Waals surface area (Å²) in [6.45, 7) is 4.94. The summed E-state index contributed by atoms with van der Waals surface area (Å²) in [5, 5.41) is 1.80. The van der Waals surface area contributed by atoms with Crippen LogP contribution in [0.4, 0.5) is 18.9 Å². The average Bonchev–Trinajstić information content (AvgIpc) is 2.59. The van der Waals surface area contributed by atoms with Gasteiger partial charge in [0.2, 0.25) is 10.0 Å². The molecule has 1 amide bonds. The Kier molecular flexibility index (Phi) is 6.75. The fraction of sp³-hybridized carbons (Fsp3) is 0.316. The molecule has 2 aromatic rings. The first-order valence-electron chi connectivity index (χ1n) is 8.54. The normalized spacial score (nSPS) is 12.5. The smallest absolute Gasteiger partial charge is 0.417 e. The Hall–Kier alpha value is -2.30. The number of carbonyl (C=O) groups is 1. The zero-order chi connectivity index (χ0) is 22.9. The highest BCUT2D eigenvalue weighted by molar-refractivity contribution is 7.89. The number of ether oxygens (including phenoxy) is 1. The zero-order valence-electron chi connectivity index (χ0n) is 16.5. The molecule has 30 heavy (non-hydrogen) atoms. The second kappa shape index (κ2) is 8.44. The van der Waals surface area contributed by atoms with E-state index in [1.54, 1.807) is 20.8 Å². The van der Waals surface area contributed by atoms with Gasteiger partial charge in [0.15, 0.2) is 0 Å². The van der Waals surface area contributed by atoms with Crippen LogP contribution in [0.3, 0.4) is 0 Å². The van der Waals surface area contributed by atoms with Gasteiger partial charge in [-0.05, 0) is 57.2 Å². The van der Waals surface area contributed by atoms with E-state index < -0.39 is 38.2 Å². The van der Waals surface area contributed by atoms with E-state index >= 15 is 0 Å². The maximum absolute atomic E-state index is 13.0. The monoisotopic (exact) mass is 464 g/mol. The Labute approximate surface area is 177 Å². The molecule has 2 N–H and O–H groups in total. The number of sulfonamides is 1. The largest absolute Gasteiger partial charge is 0.495 e. The van der Waals surface area contributed by atoms with E-state index in [1.165, 1.54) is 25.3 Å². The van der Waals surface area contributed by atoms with Gasteiger partial charge in [0.25, 0.3) is 5.91 Å². The number of halogens is 4. The number of methoxy groups -OCH3 is 1. The summed E-state index contributed by atoms with van der Waals surface area (Å²) in [5.74, 6) is -0.797. The van der Waals surface area contributed by atoms with Crippen LogP contribution in [0.15, 0.2) is 41.3 Å². The molecule has 0 heterocycles. The number of carbonyl (C=O) groups excluding carboxylic acids is 1. The van der Waals surface area contributed by atoms with Crippen molar-refractivity contribution in [2.24, 2.45) is 0 Å². The molecule has 0 aliphatic carbocycles. The number of benzene rings is 2. The predicted molar refractivity (Wildman–Crippen MR) is 107 cm³/mol. The number of nitrogens with one attached hydrogen (secondary N) is 2. The first-order chi connectivity index (χ1) is 13.6. The van der Waals surface area contributed by atoms with Crippen molar-refractivity contribution in [3.63, 3.8) is 0 Å². The Morgan fingerprint density at radius 1 is 1.07 bits per heavy atom. The minimum absolute atomic E-state index is 0.00847. The highest BCUT2D eigenvalue weighted by Gasteiger charge is 2.33. The molecule has 0 radical (unpaired) electrons. The Morgan fingerprint density at radius 3 is 2.23 bits per heavy atom. The van der Waals surface area contributed by atoms with Crippen LogP contribution in [0.25, 0.3) is 0 Å². The van der Waals surface area contributed by atoms with Gasteiger partial charge in [-0.1, -0.05) is 11.6 Å². The number of hydrogen-bond acceptors (Lipinski definition) is 4. The van der Waals surface area contributed by atoms with Crippen molar-refractivity contribution in [2.75, 3.05) is 12.4 Å². The van der Waals surface area contributed by atoms with Crippen molar-refractivity contribution in [3.8, 4) is 5.75 Å². The number of amides is 1. The summed E-state index contributed by atoms with van der Waals surface area (Å²) in [5.41, 5.74) is -2.13. The van der Waals surface area contributed by atoms with Crippen molar-refractivity contribution in [2.45, 2.75) is 37.4 Å². The maximum Gasteiger partial charge on any atom is 0.417 e. The van der Waals surface area contributed by atoms with Gasteiger partial charge >= 0.3 is 6.18 Å². The van der Waals surface area contributed by atoms with Crippen LogP contribution < -0.4 is 14.8 Å². The molecule has 0 spiro atoms. The van der Waals surface area contributed by atoms with Crippen molar-refractivity contribution in [3.05, 3.63) is 52.5 Å². The molecule has 0 atom stereocenters. The van der Waals surface area contributed by atoms with Crippen LogP contribution in [0.1, 0.15) is 36.7 Å². The van der Waals surface area contributed by atoms with Crippen molar-refractivity contribution >= 4 is 33.2 Å². The van der Waals surface area contributed by atoms with E-state index in [0.717, 1.165) is 12.1 Å². The molecule has 0 saturated heterocycles. The predicted octanol–water partition coefficient (Wildman–Crippen LogP) is 4.70. The van der Waals surface area contributed by atoms with Crippen LogP contribution in [-0.4, -0.2) is 27.0 Å². The quantitative estimate of drug-likeness (QED) is 0.672. The molecule has 0 fully saturated rings. The first kappa shape index (κ1) is 24.0. The van der Waals surface area contributed by atoms with Gasteiger partial charge in [0.05, 0.1) is 17.7 Å². The van der Waals surface area contributed by atoms with Crippen molar-refractivity contribution in [1.29, 1.82) is 0 Å². The standard InChI is InChI=1S/C19H20ClF3N2O4S/c1-18(2,3)25-30(27,28)16-9-11(5-8-15(16)29-4)17(26)24-12-6-7-14(20)13(10-12)19(21,22)23/h5-10,25H,1-4H3,(H,24,26). The zero-order valence-corrected chi connectivity index (χ0v) is 18.1. The van der Waals surface area contributed by atoms with Crippen LogP contribution in [0, 0.1) is 0 Å². The number of rotatable bonds is 5. The first-order valence-corrected chi connectivity index (χ1v) is 10.4. The van der Waals surface area contributed by atoms with Crippen molar-refractivity contribution in [1.82, 2.24) is 4.72 Å². The fourth-order valence-corrected chi connectivity index (χ4v) is 4.35. The van der Waals surface area contributed by atoms with Gasteiger partial charge in [-0.15, -0.1) is 0 Å². The van der Waals surface area contributed by atoms with Gasteiger partial charge in [0.1, 0.15) is 10.6 Å². The maximum atomic E-state index is 13.0. The SMILES string of the molecule is COc1ccc(C(=O)Nc2ccc(Cl)c(C(F)(F)F)c2)cc1S(=O)(=O)NC(C)(C)C. The van der Waals surface area contributed by atoms with Gasteiger partial charge in [0, 0.05) is 16.8 Å². The highest BCUT2D eigenvalue weighted by Crippen LogP contribution is 2.36. The summed E-state index contributed by atoms with van der Waals surface area (Å²) in [7, 11) is -2.77. The van der Waals surface area contributed by atoms with E-state index in [1.807, 2.05) is 0 Å². The van der Waals surface area contributed by atoms with E-state index in [0.29, 0.717) is 6.07 Å². The van der Waals surface area contributed by atoms with Crippen LogP contribution in [0.5, 0.6) is 5.75 Å². The molecule has 6 nitrogen and oxygen atoms in total. The third-order valence-corrected chi connectivity index (χ3v) is 5.79. The van der Waals surface area contributed by atoms with Crippen LogP contribution in [-0.2, 0) is 16.2 Å². The summed E-state index contributed by atoms with van der Waals surface area (Å²) in [6, 6.07) is 6.58. The molecule has 2 aromatic carbocycles. The van der Waals surface area contributed by atoms with Gasteiger partial charge < -0.3 is 10.1 Å². The second-order valence-corrected chi connectivity index (χ2v) is 9.43. The fourth-order valence-electron chi connectivity index (χ4n) is 2.51. The van der Waals surface area contributed by atoms with E-state index in [2.05, 4.69) is 10.0 Å². The number of anilines is 1. The van der Waals surface area contributed by atoms with E-state index in [4.69, 9.17) is 16.3 Å². The summed E-state index contributed by atoms with van der Waals surface area (Å²) in [4.78, 5) is 12.3. The number of alkyl halides is 3. The molecule has 0 bridgehead atoms. The topological polar surface area (TPSA) is 84.5 Å². The van der Waals surface area contributed by atoms with E-state index in [-0.39, 0.29) is 21.9 Å². The lowest BCUT2D eigenvalue weighted by Crippen LogP contribution is -2.40. The Morgan fingerprint density at radius 2 is 1.70 bits per heavy atom. The second-order valence-electron chi connectivity index (χ2n) is 7.37. The van der Waals surface area contributed by atoms with Crippen molar-refractivity contribution < 1.29 is 31.1 Å². The van der Waals surface area contributed by atoms with Crippen LogP contribution >= 0.6 is 11.6 Å². The van der Waals surface area contributed by atoms with Gasteiger partial charge in [-0.3, -0.25) is 4.79 Å². The molecule has 0 saturated carbocycles. The lowest BCUT2D eigenvalue weighted by molar-refractivity contribution is -0.137. The summed E-state index contributed by atoms with van der Waals surface area (Å²) < 4.78 is 71.9. The number of hydrogen-bond donors (Lipinski definition) is 2. The summed E-state index contributed by atoms with van der Waals surface area (Å²) in [6.07, 6.45) is -4.70. The molecule has 0 aliphatic heterocycles. The minimum Gasteiger partial charge on any atom is -0.495 e. The molecule has 11 heteroatoms. The van der Waals surface area contributed by atoms with Gasteiger partial charge in [-0.2, -0.15) is 13.2 Å². The third kappa shape index (κ3) is 5.87.